The predicted molar refractivity (Wildman–Crippen MR) is 76.3 cm³/mol. The maximum Gasteiger partial charge on any atom is 0.330 e. The Hall–Kier alpha value is -0.950. The van der Waals surface area contributed by atoms with Crippen LogP contribution in [0.5, 0.6) is 0 Å². The number of nitrogens with zero attached hydrogens (tertiary/aromatic N) is 1. The summed E-state index contributed by atoms with van der Waals surface area (Å²) < 4.78 is 16.2. The lowest BCUT2D eigenvalue weighted by atomic mass is 10.4. The van der Waals surface area contributed by atoms with Gasteiger partial charge in [-0.2, -0.15) is 0 Å². The first-order valence-electron chi connectivity index (χ1n) is 6.86. The van der Waals surface area contributed by atoms with Crippen LogP contribution in [0.4, 0.5) is 0 Å². The van der Waals surface area contributed by atoms with Crippen LogP contribution >= 0.6 is 0 Å². The van der Waals surface area contributed by atoms with E-state index in [-0.39, 0.29) is 26.4 Å². The van der Waals surface area contributed by atoms with E-state index in [0.717, 1.165) is 23.6 Å². The number of aliphatic hydroxyl groups is 1. The molecular formula is C14H28NO5+. The molecule has 0 radical (unpaired) electrons. The van der Waals surface area contributed by atoms with Gasteiger partial charge in [0.05, 0.1) is 47.1 Å². The number of hydrogen-bond acceptors (Lipinski definition) is 5. The van der Waals surface area contributed by atoms with Gasteiger partial charge in [0.2, 0.25) is 0 Å². The number of ether oxygens (including phenoxy) is 3. The fourth-order valence-corrected chi connectivity index (χ4v) is 1.22. The van der Waals surface area contributed by atoms with Gasteiger partial charge in [0.1, 0.15) is 19.3 Å². The van der Waals surface area contributed by atoms with Gasteiger partial charge in [-0.15, -0.1) is 0 Å². The molecule has 1 unspecified atom stereocenters. The molecule has 0 fully saturated rings. The summed E-state index contributed by atoms with van der Waals surface area (Å²) in [5.74, 6) is -0.478. The first-order chi connectivity index (χ1) is 9.41. The van der Waals surface area contributed by atoms with Gasteiger partial charge < -0.3 is 23.8 Å². The summed E-state index contributed by atoms with van der Waals surface area (Å²) in [4.78, 5) is 10.7. The van der Waals surface area contributed by atoms with E-state index < -0.39 is 12.1 Å². The first kappa shape index (κ1) is 19.1. The Kier molecular flexibility index (Phi) is 10.3. The number of hydrogen-bond donors (Lipinski definition) is 1. The number of carbonyl (C=O) groups is 1. The highest BCUT2D eigenvalue weighted by molar-refractivity contribution is 5.81. The number of aliphatic hydroxyl groups excluding tert-OH is 1. The van der Waals surface area contributed by atoms with Crippen molar-refractivity contribution in [2.75, 3.05) is 60.2 Å². The minimum absolute atomic E-state index is 0.153. The minimum Gasteiger partial charge on any atom is -0.460 e. The second-order valence-corrected chi connectivity index (χ2v) is 5.15. The van der Waals surface area contributed by atoms with E-state index in [2.05, 4.69) is 27.6 Å². The summed E-state index contributed by atoms with van der Waals surface area (Å²) in [6.07, 6.45) is 0.432. The minimum atomic E-state index is -0.664. The molecule has 118 valence electrons. The summed E-state index contributed by atoms with van der Waals surface area (Å²) in [6.45, 7) is 8.77. The number of esters is 1. The van der Waals surface area contributed by atoms with Crippen LogP contribution in [0.2, 0.25) is 0 Å². The third-order valence-electron chi connectivity index (χ3n) is 2.96. The van der Waals surface area contributed by atoms with Gasteiger partial charge in [0, 0.05) is 6.08 Å². The second kappa shape index (κ2) is 10.8. The van der Waals surface area contributed by atoms with Gasteiger partial charge in [-0.25, -0.2) is 4.79 Å². The van der Waals surface area contributed by atoms with Crippen molar-refractivity contribution in [3.05, 3.63) is 12.7 Å². The average molecular weight is 290 g/mol. The lowest BCUT2D eigenvalue weighted by Gasteiger charge is -2.28. The van der Waals surface area contributed by atoms with Crippen molar-refractivity contribution in [1.29, 1.82) is 0 Å². The summed E-state index contributed by atoms with van der Waals surface area (Å²) in [7, 11) is 4.26. The largest absolute Gasteiger partial charge is 0.460 e. The quantitative estimate of drug-likeness (QED) is 0.241. The SMILES string of the molecule is C=CC(=O)OCCOCC(O)COCC[N+](C)(C)CC. The molecule has 0 aromatic rings. The van der Waals surface area contributed by atoms with E-state index >= 15 is 0 Å². The maximum absolute atomic E-state index is 10.7. The van der Waals surface area contributed by atoms with Crippen LogP contribution in [0.15, 0.2) is 12.7 Å². The monoisotopic (exact) mass is 290 g/mol. The Morgan fingerprint density at radius 2 is 1.85 bits per heavy atom. The highest BCUT2D eigenvalue weighted by Gasteiger charge is 2.12. The van der Waals surface area contributed by atoms with Crippen molar-refractivity contribution in [2.45, 2.75) is 13.0 Å². The van der Waals surface area contributed by atoms with Gasteiger partial charge in [-0.05, 0) is 6.92 Å². The normalized spacial score (nSPS) is 13.0. The molecule has 0 spiro atoms. The molecule has 20 heavy (non-hydrogen) atoms. The molecule has 6 nitrogen and oxygen atoms in total. The van der Waals surface area contributed by atoms with Gasteiger partial charge >= 0.3 is 5.97 Å². The Bertz CT molecular complexity index is 281. The average Bonchev–Trinajstić information content (AvgIpc) is 2.43. The van der Waals surface area contributed by atoms with Crippen LogP contribution in [-0.4, -0.2) is 81.9 Å². The molecule has 0 saturated heterocycles. The van der Waals surface area contributed by atoms with Crippen LogP contribution in [0, 0.1) is 0 Å². The predicted octanol–water partition coefficient (Wildman–Crippen LogP) is 0.206. The summed E-state index contributed by atoms with van der Waals surface area (Å²) >= 11 is 0. The Morgan fingerprint density at radius 1 is 1.25 bits per heavy atom. The van der Waals surface area contributed by atoms with Crippen molar-refractivity contribution in [3.63, 3.8) is 0 Å². The highest BCUT2D eigenvalue weighted by Crippen LogP contribution is 1.96. The molecule has 0 bridgehead atoms. The summed E-state index contributed by atoms with van der Waals surface area (Å²) in [5.41, 5.74) is 0. The first-order valence-corrected chi connectivity index (χ1v) is 6.86. The van der Waals surface area contributed by atoms with E-state index in [1.54, 1.807) is 0 Å². The Labute approximate surface area is 121 Å². The van der Waals surface area contributed by atoms with Gasteiger partial charge in [0.25, 0.3) is 0 Å². The van der Waals surface area contributed by atoms with E-state index in [1.165, 1.54) is 0 Å². The van der Waals surface area contributed by atoms with E-state index in [4.69, 9.17) is 14.2 Å². The Balaban J connectivity index is 3.43. The molecule has 1 atom stereocenters. The van der Waals surface area contributed by atoms with Gasteiger partial charge in [-0.3, -0.25) is 0 Å². The molecule has 0 aromatic heterocycles. The summed E-state index contributed by atoms with van der Waals surface area (Å²) in [5, 5.41) is 9.61. The molecule has 0 saturated carbocycles. The molecule has 0 amide bonds. The van der Waals surface area contributed by atoms with E-state index in [0.29, 0.717) is 6.61 Å². The van der Waals surface area contributed by atoms with Crippen LogP contribution < -0.4 is 0 Å². The molecular weight excluding hydrogens is 262 g/mol. The number of rotatable bonds is 12. The number of quaternary nitrogens is 1. The lowest BCUT2D eigenvalue weighted by molar-refractivity contribution is -0.888. The standard InChI is InChI=1S/C14H28NO5/c1-5-14(17)20-10-9-19-12-13(16)11-18-8-7-15(3,4)6-2/h5,13,16H,1,6-12H2,2-4H3/q+1. The smallest absolute Gasteiger partial charge is 0.330 e. The highest BCUT2D eigenvalue weighted by atomic mass is 16.6. The van der Waals surface area contributed by atoms with Crippen LogP contribution in [0.25, 0.3) is 0 Å². The zero-order valence-corrected chi connectivity index (χ0v) is 12.8. The molecule has 0 aliphatic heterocycles. The van der Waals surface area contributed by atoms with Crippen molar-refractivity contribution in [2.24, 2.45) is 0 Å². The zero-order valence-electron chi connectivity index (χ0n) is 12.8. The number of carbonyl (C=O) groups excluding carboxylic acids is 1. The molecule has 0 aliphatic carbocycles. The van der Waals surface area contributed by atoms with Gasteiger partial charge in [-0.1, -0.05) is 6.58 Å². The van der Waals surface area contributed by atoms with Crippen LogP contribution in [0.3, 0.4) is 0 Å². The third kappa shape index (κ3) is 10.9. The fraction of sp³-hybridized carbons (Fsp3) is 0.786. The maximum atomic E-state index is 10.7. The third-order valence-corrected chi connectivity index (χ3v) is 2.96. The molecule has 1 N–H and O–H groups in total. The van der Waals surface area contributed by atoms with Crippen LogP contribution in [0.1, 0.15) is 6.92 Å². The second-order valence-electron chi connectivity index (χ2n) is 5.15. The molecule has 0 heterocycles. The van der Waals surface area contributed by atoms with Crippen LogP contribution in [-0.2, 0) is 19.0 Å². The number of likely N-dealkylation sites (N-methyl/N-ethyl adjacent to an activating group) is 1. The van der Waals surface area contributed by atoms with Crippen molar-refractivity contribution < 1.29 is 28.6 Å². The summed E-state index contributed by atoms with van der Waals surface area (Å²) in [6, 6.07) is 0. The molecule has 6 heteroatoms. The lowest BCUT2D eigenvalue weighted by Crippen LogP contribution is -2.42. The molecule has 0 aliphatic rings. The van der Waals surface area contributed by atoms with Gasteiger partial charge in [0.15, 0.2) is 0 Å². The topological polar surface area (TPSA) is 65.0 Å². The van der Waals surface area contributed by atoms with E-state index in [9.17, 15) is 9.90 Å². The molecule has 0 aromatic carbocycles. The van der Waals surface area contributed by atoms with E-state index in [1.807, 2.05) is 0 Å². The van der Waals surface area contributed by atoms with Crippen molar-refractivity contribution in [3.8, 4) is 0 Å². The zero-order chi connectivity index (χ0) is 15.4. The van der Waals surface area contributed by atoms with Crippen molar-refractivity contribution >= 4 is 5.97 Å². The molecule has 0 rings (SSSR count). The van der Waals surface area contributed by atoms with Crippen molar-refractivity contribution in [1.82, 2.24) is 0 Å². The fourth-order valence-electron chi connectivity index (χ4n) is 1.22. The Morgan fingerprint density at radius 3 is 2.40 bits per heavy atom.